The molecule has 0 aromatic carbocycles. The molecular formula is C12H27NO2Si2. The van der Waals surface area contributed by atoms with Gasteiger partial charge in [0.05, 0.1) is 6.54 Å². The molecule has 5 heteroatoms. The van der Waals surface area contributed by atoms with Crippen LogP contribution in [0.5, 0.6) is 0 Å². The third kappa shape index (κ3) is 12.0. The van der Waals surface area contributed by atoms with Gasteiger partial charge in [0.25, 0.3) is 0 Å². The minimum absolute atomic E-state index is 0.0642. The van der Waals surface area contributed by atoms with Crippen molar-refractivity contribution in [3.63, 3.8) is 0 Å². The number of aliphatic imine (C=N–C) groups is 1. The summed E-state index contributed by atoms with van der Waals surface area (Å²) >= 11 is 0. The van der Waals surface area contributed by atoms with Crippen molar-refractivity contribution >= 4 is 23.9 Å². The molecule has 0 radical (unpaired) electrons. The van der Waals surface area contributed by atoms with Gasteiger partial charge in [-0.05, 0) is 39.4 Å². The van der Waals surface area contributed by atoms with Crippen molar-refractivity contribution < 1.29 is 9.22 Å². The Hall–Kier alpha value is -0.226. The number of hydrogen-bond donors (Lipinski definition) is 0. The number of nitrogens with zero attached hydrogens (tertiary/aromatic N) is 1. The lowest BCUT2D eigenvalue weighted by atomic mass is 10.5. The van der Waals surface area contributed by atoms with Gasteiger partial charge in [-0.15, -0.1) is 0 Å². The van der Waals surface area contributed by atoms with Crippen molar-refractivity contribution in [2.45, 2.75) is 64.0 Å². The largest absolute Gasteiger partial charge is 0.415 e. The van der Waals surface area contributed by atoms with Gasteiger partial charge < -0.3 is 4.43 Å². The first kappa shape index (κ1) is 16.8. The van der Waals surface area contributed by atoms with Gasteiger partial charge in [0.2, 0.25) is 6.08 Å². The molecule has 0 amide bonds. The Morgan fingerprint density at radius 2 is 1.94 bits per heavy atom. The highest BCUT2D eigenvalue weighted by atomic mass is 28.4. The molecule has 3 nitrogen and oxygen atoms in total. The van der Waals surface area contributed by atoms with Crippen LogP contribution in [-0.4, -0.2) is 36.6 Å². The van der Waals surface area contributed by atoms with E-state index in [1.807, 2.05) is 0 Å². The van der Waals surface area contributed by atoms with E-state index in [-0.39, 0.29) is 9.52 Å². The second kappa shape index (κ2) is 9.77. The summed E-state index contributed by atoms with van der Waals surface area (Å²) in [6.07, 6.45) is 4.36. The van der Waals surface area contributed by atoms with Gasteiger partial charge in [-0.25, -0.2) is 9.79 Å². The van der Waals surface area contributed by atoms with E-state index in [9.17, 15) is 4.79 Å². The Bertz CT molecular complexity index is 239. The maximum Gasteiger partial charge on any atom is 0.234 e. The SMILES string of the molecule is CC(C)O[Si](C)(C)CCC[SiH2]CCCN=C=O. The molecule has 0 bridgehead atoms. The maximum atomic E-state index is 9.85. The Morgan fingerprint density at radius 1 is 1.29 bits per heavy atom. The van der Waals surface area contributed by atoms with Gasteiger partial charge in [0.1, 0.15) is 0 Å². The first-order chi connectivity index (χ1) is 7.98. The molecular weight excluding hydrogens is 246 g/mol. The average Bonchev–Trinajstić information content (AvgIpc) is 2.20. The lowest BCUT2D eigenvalue weighted by molar-refractivity contribution is 0.231. The fraction of sp³-hybridized carbons (Fsp3) is 0.917. The predicted molar refractivity (Wildman–Crippen MR) is 78.9 cm³/mol. The molecule has 100 valence electrons. The van der Waals surface area contributed by atoms with E-state index < -0.39 is 8.32 Å². The number of hydrogen-bond acceptors (Lipinski definition) is 3. The van der Waals surface area contributed by atoms with E-state index in [2.05, 4.69) is 31.9 Å². The molecule has 0 atom stereocenters. The summed E-state index contributed by atoms with van der Waals surface area (Å²) in [5.74, 6) is 0. The van der Waals surface area contributed by atoms with Crippen molar-refractivity contribution in [2.24, 2.45) is 4.99 Å². The highest BCUT2D eigenvalue weighted by molar-refractivity contribution is 6.71. The van der Waals surface area contributed by atoms with Crippen LogP contribution in [0.4, 0.5) is 0 Å². The van der Waals surface area contributed by atoms with Gasteiger partial charge in [0.15, 0.2) is 8.32 Å². The number of rotatable bonds is 10. The molecule has 0 saturated carbocycles. The topological polar surface area (TPSA) is 38.7 Å². The van der Waals surface area contributed by atoms with Crippen LogP contribution in [0.2, 0.25) is 31.2 Å². The molecule has 17 heavy (non-hydrogen) atoms. The number of carbonyl (C=O) groups excluding carboxylic acids is 1. The second-order valence-electron chi connectivity index (χ2n) is 5.42. The Morgan fingerprint density at radius 3 is 2.53 bits per heavy atom. The molecule has 0 heterocycles. The van der Waals surface area contributed by atoms with E-state index in [1.54, 1.807) is 6.08 Å². The van der Waals surface area contributed by atoms with Gasteiger partial charge >= 0.3 is 0 Å². The molecule has 0 aromatic heterocycles. The smallest absolute Gasteiger partial charge is 0.234 e. The zero-order valence-electron chi connectivity index (χ0n) is 11.8. The highest BCUT2D eigenvalue weighted by Crippen LogP contribution is 2.17. The van der Waals surface area contributed by atoms with Crippen molar-refractivity contribution in [1.29, 1.82) is 0 Å². The first-order valence-corrected chi connectivity index (χ1v) is 11.8. The maximum absolute atomic E-state index is 9.85. The first-order valence-electron chi connectivity index (χ1n) is 6.69. The summed E-state index contributed by atoms with van der Waals surface area (Å²) in [5, 5.41) is 0. The molecule has 0 N–H and O–H groups in total. The Kier molecular flexibility index (Phi) is 9.64. The monoisotopic (exact) mass is 273 g/mol. The van der Waals surface area contributed by atoms with E-state index in [1.165, 1.54) is 24.6 Å². The third-order valence-corrected chi connectivity index (χ3v) is 7.34. The van der Waals surface area contributed by atoms with Crippen LogP contribution in [0.3, 0.4) is 0 Å². The van der Waals surface area contributed by atoms with E-state index in [0.717, 1.165) is 6.42 Å². The summed E-state index contributed by atoms with van der Waals surface area (Å²) in [6.45, 7) is 9.54. The van der Waals surface area contributed by atoms with E-state index >= 15 is 0 Å². The van der Waals surface area contributed by atoms with Crippen LogP contribution in [-0.2, 0) is 9.22 Å². The minimum atomic E-state index is -1.40. The fourth-order valence-electron chi connectivity index (χ4n) is 2.01. The summed E-state index contributed by atoms with van der Waals surface area (Å²) in [4.78, 5) is 13.4. The zero-order valence-corrected chi connectivity index (χ0v) is 14.2. The van der Waals surface area contributed by atoms with Gasteiger partial charge in [-0.1, -0.05) is 18.5 Å². The highest BCUT2D eigenvalue weighted by Gasteiger charge is 2.22. The van der Waals surface area contributed by atoms with Crippen LogP contribution < -0.4 is 0 Å². The lowest BCUT2D eigenvalue weighted by Gasteiger charge is -2.25. The van der Waals surface area contributed by atoms with Crippen LogP contribution in [0, 0.1) is 0 Å². The molecule has 0 aliphatic carbocycles. The van der Waals surface area contributed by atoms with Crippen molar-refractivity contribution in [3.8, 4) is 0 Å². The molecule has 0 spiro atoms. The van der Waals surface area contributed by atoms with Gasteiger partial charge in [-0.3, -0.25) is 0 Å². The minimum Gasteiger partial charge on any atom is -0.415 e. The number of isocyanates is 1. The normalized spacial score (nSPS) is 12.3. The van der Waals surface area contributed by atoms with E-state index in [4.69, 9.17) is 4.43 Å². The van der Waals surface area contributed by atoms with Gasteiger partial charge in [0, 0.05) is 15.6 Å². The summed E-state index contributed by atoms with van der Waals surface area (Å²) in [6, 6.07) is 3.99. The van der Waals surface area contributed by atoms with Crippen molar-refractivity contribution in [2.75, 3.05) is 6.54 Å². The average molecular weight is 274 g/mol. The standard InChI is InChI=1S/C12H27NO2Si2/c1-12(2)15-17(3,4)10-6-9-16-8-5-7-13-11-14/h12H,5-10,16H2,1-4H3. The summed E-state index contributed by atoms with van der Waals surface area (Å²) < 4.78 is 5.99. The predicted octanol–water partition coefficient (Wildman–Crippen LogP) is 2.74. The molecule has 0 unspecified atom stereocenters. The van der Waals surface area contributed by atoms with Crippen LogP contribution in [0.15, 0.2) is 4.99 Å². The third-order valence-electron chi connectivity index (χ3n) is 2.67. The lowest BCUT2D eigenvalue weighted by Crippen LogP contribution is -2.33. The molecule has 0 aliphatic rings. The Balaban J connectivity index is 3.41. The zero-order chi connectivity index (χ0) is 13.1. The van der Waals surface area contributed by atoms with E-state index in [0.29, 0.717) is 12.6 Å². The quantitative estimate of drug-likeness (QED) is 0.266. The molecule has 0 aliphatic heterocycles. The van der Waals surface area contributed by atoms with Crippen molar-refractivity contribution in [1.82, 2.24) is 0 Å². The summed E-state index contributed by atoms with van der Waals surface area (Å²) in [5.41, 5.74) is 0. The Labute approximate surface area is 109 Å². The molecule has 0 fully saturated rings. The van der Waals surface area contributed by atoms with Crippen LogP contribution in [0.1, 0.15) is 26.7 Å². The molecule has 0 aromatic rings. The fourth-order valence-corrected chi connectivity index (χ4v) is 6.54. The van der Waals surface area contributed by atoms with Gasteiger partial charge in [-0.2, -0.15) is 0 Å². The van der Waals surface area contributed by atoms with Crippen molar-refractivity contribution in [3.05, 3.63) is 0 Å². The van der Waals surface area contributed by atoms with Crippen LogP contribution in [0.25, 0.3) is 0 Å². The van der Waals surface area contributed by atoms with Crippen LogP contribution >= 0.6 is 0 Å². The second-order valence-corrected chi connectivity index (χ2v) is 11.8. The summed E-state index contributed by atoms with van der Waals surface area (Å²) in [7, 11) is -1.33. The molecule has 0 saturated heterocycles. The molecule has 0 rings (SSSR count).